The molecule has 0 spiro atoms. The Balaban J connectivity index is 1.52. The van der Waals surface area contributed by atoms with Crippen LogP contribution in [0.1, 0.15) is 68.9 Å². The van der Waals surface area contributed by atoms with E-state index in [0.29, 0.717) is 42.4 Å². The fraction of sp³-hybridized carbons (Fsp3) is 0.455. The van der Waals surface area contributed by atoms with Crippen LogP contribution in [-0.2, 0) is 20.9 Å². The fourth-order valence-corrected chi connectivity index (χ4v) is 8.68. The van der Waals surface area contributed by atoms with Gasteiger partial charge in [-0.2, -0.15) is 0 Å². The number of unbranched alkanes of at least 4 members (excludes halogenated alkanes) is 2. The molecule has 1 heterocycles. The Morgan fingerprint density at radius 2 is 1.79 bits per heavy atom. The Hall–Kier alpha value is -5.24. The summed E-state index contributed by atoms with van der Waals surface area (Å²) in [6.45, 7) is 6.51. The molecule has 0 saturated heterocycles. The Bertz CT molecular complexity index is 1920. The highest BCUT2D eigenvalue weighted by molar-refractivity contribution is 6.02. The average Bonchev–Trinajstić information content (AvgIpc) is 3.22. The molecular formula is C44H53N3O10. The van der Waals surface area contributed by atoms with E-state index in [9.17, 15) is 25.1 Å². The number of likely N-dealkylation sites (N-methyl/N-ethyl adjacent to an activating group) is 1. The van der Waals surface area contributed by atoms with Crippen LogP contribution in [0.15, 0.2) is 102 Å². The number of rotatable bonds is 19. The van der Waals surface area contributed by atoms with Crippen LogP contribution in [0, 0.1) is 27.9 Å². The summed E-state index contributed by atoms with van der Waals surface area (Å²) in [6.07, 6.45) is 8.02. The Labute approximate surface area is 333 Å². The minimum absolute atomic E-state index is 0.00819. The zero-order valence-corrected chi connectivity index (χ0v) is 32.7. The van der Waals surface area contributed by atoms with Crippen molar-refractivity contribution in [1.29, 1.82) is 0 Å². The molecule has 3 aromatic carbocycles. The second-order valence-electron chi connectivity index (χ2n) is 14.7. The SMILES string of the molecule is C=CCO[C@@]12Oc3ccc(Oc4cccc([N+](=O)[O-])c4)cc3[C@H]3[C@H](CCCCO)[C@@H](CCCCO)C=C(C(=NOCC)C[C@@H]1N(C)C(=O)OCc1ccccc1)[C@H]32. The third kappa shape index (κ3) is 9.16. The number of nitro benzene ring substituents is 1. The third-order valence-electron chi connectivity index (χ3n) is 11.2. The van der Waals surface area contributed by atoms with Crippen LogP contribution >= 0.6 is 0 Å². The van der Waals surface area contributed by atoms with Gasteiger partial charge in [0.25, 0.3) is 5.69 Å². The van der Waals surface area contributed by atoms with Crippen molar-refractivity contribution in [3.8, 4) is 17.2 Å². The zero-order chi connectivity index (χ0) is 40.4. The molecule has 3 aromatic rings. The minimum Gasteiger partial charge on any atom is -0.459 e. The van der Waals surface area contributed by atoms with Gasteiger partial charge in [0, 0.05) is 44.2 Å². The van der Waals surface area contributed by atoms with Gasteiger partial charge in [-0.05, 0) is 79.8 Å². The molecule has 0 unspecified atom stereocenters. The second kappa shape index (κ2) is 19.3. The smallest absolute Gasteiger partial charge is 0.410 e. The van der Waals surface area contributed by atoms with E-state index in [1.165, 1.54) is 12.1 Å². The first-order valence-corrected chi connectivity index (χ1v) is 19.8. The van der Waals surface area contributed by atoms with Gasteiger partial charge < -0.3 is 38.9 Å². The van der Waals surface area contributed by atoms with Crippen molar-refractivity contribution in [2.24, 2.45) is 22.9 Å². The normalized spacial score (nSPS) is 24.0. The molecule has 6 rings (SSSR count). The van der Waals surface area contributed by atoms with Crippen LogP contribution in [0.4, 0.5) is 10.5 Å². The molecule has 13 nitrogen and oxygen atoms in total. The number of aliphatic hydroxyl groups is 2. The van der Waals surface area contributed by atoms with Crippen LogP contribution in [0.2, 0.25) is 0 Å². The molecule has 13 heteroatoms. The first-order chi connectivity index (χ1) is 27.7. The summed E-state index contributed by atoms with van der Waals surface area (Å²) in [7, 11) is 1.69. The number of fused-ring (bicyclic) bond motifs is 2. The second-order valence-corrected chi connectivity index (χ2v) is 14.7. The number of amides is 1. The van der Waals surface area contributed by atoms with Crippen molar-refractivity contribution < 1.29 is 43.7 Å². The van der Waals surface area contributed by atoms with Gasteiger partial charge in [0.15, 0.2) is 0 Å². The number of benzene rings is 3. The lowest BCUT2D eigenvalue weighted by molar-refractivity contribution is -0.384. The summed E-state index contributed by atoms with van der Waals surface area (Å²) < 4.78 is 26.2. The number of carbonyl (C=O) groups is 1. The van der Waals surface area contributed by atoms with Gasteiger partial charge in [-0.1, -0.05) is 66.5 Å². The lowest BCUT2D eigenvalue weighted by Gasteiger charge is -2.59. The summed E-state index contributed by atoms with van der Waals surface area (Å²) in [6, 6.07) is 20.3. The van der Waals surface area contributed by atoms with Gasteiger partial charge in [0.05, 0.1) is 29.2 Å². The maximum atomic E-state index is 14.0. The number of nitro groups is 1. The number of non-ortho nitro benzene ring substituents is 1. The summed E-state index contributed by atoms with van der Waals surface area (Å²) in [5.74, 6) is -0.817. The molecule has 1 saturated carbocycles. The Morgan fingerprint density at radius 3 is 2.51 bits per heavy atom. The lowest BCUT2D eigenvalue weighted by atomic mass is 9.55. The number of carbonyl (C=O) groups excluding carboxylic acids is 1. The van der Waals surface area contributed by atoms with E-state index < -0.39 is 28.8 Å². The molecule has 2 aliphatic carbocycles. The predicted molar refractivity (Wildman–Crippen MR) is 214 cm³/mol. The predicted octanol–water partition coefficient (Wildman–Crippen LogP) is 8.31. The number of oxime groups is 1. The van der Waals surface area contributed by atoms with Crippen molar-refractivity contribution in [2.45, 2.75) is 76.2 Å². The van der Waals surface area contributed by atoms with Gasteiger partial charge in [0.1, 0.15) is 36.5 Å². The largest absolute Gasteiger partial charge is 0.459 e. The van der Waals surface area contributed by atoms with Gasteiger partial charge >= 0.3 is 6.09 Å². The Morgan fingerprint density at radius 1 is 1.04 bits per heavy atom. The van der Waals surface area contributed by atoms with Gasteiger partial charge in [-0.3, -0.25) is 10.1 Å². The first kappa shape index (κ1) is 41.4. The Kier molecular flexibility index (Phi) is 14.0. The number of nitrogens with zero attached hydrogens (tertiary/aromatic N) is 3. The molecule has 1 amide bonds. The molecule has 57 heavy (non-hydrogen) atoms. The van der Waals surface area contributed by atoms with Gasteiger partial charge in [0.2, 0.25) is 5.79 Å². The number of ether oxygens (including phenoxy) is 4. The van der Waals surface area contributed by atoms with Crippen LogP contribution in [0.5, 0.6) is 17.2 Å². The molecule has 304 valence electrons. The van der Waals surface area contributed by atoms with Crippen molar-refractivity contribution >= 4 is 17.5 Å². The fourth-order valence-electron chi connectivity index (χ4n) is 8.68. The topological polar surface area (TPSA) is 162 Å². The van der Waals surface area contributed by atoms with E-state index in [4.69, 9.17) is 23.8 Å². The van der Waals surface area contributed by atoms with E-state index in [1.807, 2.05) is 49.4 Å². The van der Waals surface area contributed by atoms with Crippen molar-refractivity contribution in [3.63, 3.8) is 0 Å². The highest BCUT2D eigenvalue weighted by atomic mass is 16.7. The average molecular weight is 784 g/mol. The minimum atomic E-state index is -1.43. The van der Waals surface area contributed by atoms with Crippen molar-refractivity contribution in [1.82, 2.24) is 4.90 Å². The summed E-state index contributed by atoms with van der Waals surface area (Å²) in [4.78, 5) is 32.4. The number of aliphatic hydroxyl groups excluding tert-OH is 2. The van der Waals surface area contributed by atoms with Crippen molar-refractivity contribution in [3.05, 3.63) is 118 Å². The highest BCUT2D eigenvalue weighted by Gasteiger charge is 2.65. The molecule has 3 aliphatic rings. The molecule has 0 bridgehead atoms. The molecule has 1 aliphatic heterocycles. The van der Waals surface area contributed by atoms with Gasteiger partial charge in [-0.25, -0.2) is 4.79 Å². The molecule has 1 fully saturated rings. The maximum absolute atomic E-state index is 14.0. The molecule has 2 N–H and O–H groups in total. The van der Waals surface area contributed by atoms with E-state index >= 15 is 0 Å². The summed E-state index contributed by atoms with van der Waals surface area (Å²) in [5.41, 5.74) is 3.20. The molecule has 6 atom stereocenters. The monoisotopic (exact) mass is 783 g/mol. The van der Waals surface area contributed by atoms with Crippen LogP contribution in [-0.4, -0.2) is 77.1 Å². The third-order valence-corrected chi connectivity index (χ3v) is 11.2. The zero-order valence-electron chi connectivity index (χ0n) is 32.7. The maximum Gasteiger partial charge on any atom is 0.410 e. The number of hydrogen-bond acceptors (Lipinski definition) is 11. The van der Waals surface area contributed by atoms with E-state index in [2.05, 4.69) is 17.8 Å². The first-order valence-electron chi connectivity index (χ1n) is 19.8. The molecular weight excluding hydrogens is 730 g/mol. The van der Waals surface area contributed by atoms with E-state index in [1.54, 1.807) is 36.2 Å². The summed E-state index contributed by atoms with van der Waals surface area (Å²) >= 11 is 0. The van der Waals surface area contributed by atoms with E-state index in [0.717, 1.165) is 42.4 Å². The van der Waals surface area contributed by atoms with E-state index in [-0.39, 0.29) is 56.3 Å². The van der Waals surface area contributed by atoms with Crippen molar-refractivity contribution in [2.75, 3.05) is 33.5 Å². The lowest BCUT2D eigenvalue weighted by Crippen LogP contribution is -2.69. The number of allylic oxidation sites excluding steroid dienone is 1. The number of hydrogen-bond donors (Lipinski definition) is 2. The van der Waals surface area contributed by atoms with Crippen LogP contribution in [0.3, 0.4) is 0 Å². The summed E-state index contributed by atoms with van der Waals surface area (Å²) in [5, 5.41) is 35.9. The highest BCUT2D eigenvalue weighted by Crippen LogP contribution is 2.62. The molecule has 0 aromatic heterocycles. The molecule has 0 radical (unpaired) electrons. The van der Waals surface area contributed by atoms with Gasteiger partial charge in [-0.15, -0.1) is 6.58 Å². The quantitative estimate of drug-likeness (QED) is 0.0523. The van der Waals surface area contributed by atoms with Crippen LogP contribution < -0.4 is 9.47 Å². The standard InChI is InChI=1S/C44H53N3O10/c1-4-24-54-44-40(46(3)43(50)53-29-30-14-7-6-8-15-30)28-38(45-55-5-2)36-25-31(16-9-11-22-48)35(19-10-12-23-49)41(42(36)44)37-27-34(20-21-39(37)57-44)56-33-18-13-17-32(26-33)47(51)52/h4,6-8,13-15,17-18,20-21,25-27,31,35,40-42,48-49H,1,5,9-12,16,19,22-24,28-29H2,2-3H3/t31-,35+,40-,41+,42+,44+/m0/s1. The van der Waals surface area contributed by atoms with Crippen LogP contribution in [0.25, 0.3) is 0 Å².